The average Bonchev–Trinajstić information content (AvgIpc) is 2.26. The van der Waals surface area contributed by atoms with Crippen molar-refractivity contribution in [3.8, 4) is 0 Å². The molecule has 19 heavy (non-hydrogen) atoms. The van der Waals surface area contributed by atoms with Crippen molar-refractivity contribution in [2.24, 2.45) is 5.41 Å². The first-order chi connectivity index (χ1) is 8.85. The number of fused-ring (bicyclic) bond motifs is 1. The fourth-order valence-corrected chi connectivity index (χ4v) is 1.95. The van der Waals surface area contributed by atoms with Crippen molar-refractivity contribution in [2.45, 2.75) is 27.2 Å². The van der Waals surface area contributed by atoms with Gasteiger partial charge in [0.2, 0.25) is 5.91 Å². The van der Waals surface area contributed by atoms with Crippen LogP contribution in [0.4, 0.5) is 5.82 Å². The molecular formula is C15H17BN2O. The van der Waals surface area contributed by atoms with Crippen LogP contribution in [0, 0.1) is 5.41 Å². The van der Waals surface area contributed by atoms with Crippen LogP contribution in [0.15, 0.2) is 30.5 Å². The monoisotopic (exact) mass is 252 g/mol. The molecule has 2 rings (SSSR count). The zero-order chi connectivity index (χ0) is 14.0. The minimum atomic E-state index is -0.0426. The maximum Gasteiger partial charge on any atom is 0.226 e. The molecule has 96 valence electrons. The molecule has 0 spiro atoms. The molecule has 4 heteroatoms. The van der Waals surface area contributed by atoms with E-state index in [0.717, 1.165) is 10.8 Å². The lowest BCUT2D eigenvalue weighted by Gasteiger charge is -2.17. The predicted molar refractivity (Wildman–Crippen MR) is 79.8 cm³/mol. The van der Waals surface area contributed by atoms with Crippen molar-refractivity contribution in [3.63, 3.8) is 0 Å². The topological polar surface area (TPSA) is 42.0 Å². The van der Waals surface area contributed by atoms with Gasteiger partial charge in [-0.3, -0.25) is 4.79 Å². The van der Waals surface area contributed by atoms with Crippen LogP contribution in [0.5, 0.6) is 0 Å². The van der Waals surface area contributed by atoms with E-state index in [4.69, 9.17) is 7.85 Å². The molecule has 0 saturated heterocycles. The SMILES string of the molecule is [B]c1ccc2c(NC(=O)CC(C)(C)C)nccc2c1. The summed E-state index contributed by atoms with van der Waals surface area (Å²) in [5.74, 6) is 0.566. The highest BCUT2D eigenvalue weighted by atomic mass is 16.1. The van der Waals surface area contributed by atoms with Gasteiger partial charge < -0.3 is 5.32 Å². The third-order valence-corrected chi connectivity index (χ3v) is 2.74. The summed E-state index contributed by atoms with van der Waals surface area (Å²) in [4.78, 5) is 16.2. The number of aromatic nitrogens is 1. The van der Waals surface area contributed by atoms with Gasteiger partial charge in [0.15, 0.2) is 0 Å². The number of nitrogens with zero attached hydrogens (tertiary/aromatic N) is 1. The molecule has 0 bridgehead atoms. The lowest BCUT2D eigenvalue weighted by atomic mass is 9.92. The molecule has 0 unspecified atom stereocenters. The molecule has 3 nitrogen and oxygen atoms in total. The Morgan fingerprint density at radius 1 is 1.32 bits per heavy atom. The van der Waals surface area contributed by atoms with E-state index >= 15 is 0 Å². The molecule has 1 aromatic carbocycles. The summed E-state index contributed by atoms with van der Waals surface area (Å²) in [5.41, 5.74) is 0.657. The molecular weight excluding hydrogens is 235 g/mol. The van der Waals surface area contributed by atoms with Crippen LogP contribution < -0.4 is 10.8 Å². The van der Waals surface area contributed by atoms with Gasteiger partial charge >= 0.3 is 0 Å². The Hall–Kier alpha value is -1.84. The predicted octanol–water partition coefficient (Wildman–Crippen LogP) is 2.40. The number of rotatable bonds is 2. The summed E-state index contributed by atoms with van der Waals surface area (Å²) >= 11 is 0. The summed E-state index contributed by atoms with van der Waals surface area (Å²) in [7, 11) is 5.75. The summed E-state index contributed by atoms with van der Waals surface area (Å²) < 4.78 is 0. The van der Waals surface area contributed by atoms with Crippen molar-refractivity contribution in [2.75, 3.05) is 5.32 Å². The van der Waals surface area contributed by atoms with E-state index in [1.54, 1.807) is 6.20 Å². The van der Waals surface area contributed by atoms with Crippen LogP contribution in [0.2, 0.25) is 0 Å². The van der Waals surface area contributed by atoms with Gasteiger partial charge in [-0.1, -0.05) is 44.4 Å². The van der Waals surface area contributed by atoms with E-state index in [0.29, 0.717) is 17.7 Å². The van der Waals surface area contributed by atoms with E-state index in [-0.39, 0.29) is 11.3 Å². The van der Waals surface area contributed by atoms with E-state index < -0.39 is 0 Å². The van der Waals surface area contributed by atoms with Gasteiger partial charge in [0.25, 0.3) is 0 Å². The normalized spacial score (nSPS) is 11.5. The second-order valence-electron chi connectivity index (χ2n) is 5.93. The number of benzene rings is 1. The molecule has 2 radical (unpaired) electrons. The first kappa shape index (κ1) is 13.6. The second kappa shape index (κ2) is 5.04. The Balaban J connectivity index is 2.28. The Morgan fingerprint density at radius 3 is 2.74 bits per heavy atom. The third-order valence-electron chi connectivity index (χ3n) is 2.74. The zero-order valence-electron chi connectivity index (χ0n) is 11.5. The van der Waals surface area contributed by atoms with Gasteiger partial charge in [-0.05, 0) is 16.9 Å². The fraction of sp³-hybridized carbons (Fsp3) is 0.333. The largest absolute Gasteiger partial charge is 0.310 e. The van der Waals surface area contributed by atoms with Crippen molar-refractivity contribution < 1.29 is 4.79 Å². The van der Waals surface area contributed by atoms with Crippen LogP contribution in [0.3, 0.4) is 0 Å². The standard InChI is InChI=1S/C15H17BN2O/c1-15(2,3)9-13(19)18-14-12-5-4-11(16)8-10(12)6-7-17-14/h4-8H,9H2,1-3H3,(H,17,18,19). The van der Waals surface area contributed by atoms with E-state index in [2.05, 4.69) is 10.3 Å². The minimum absolute atomic E-state index is 0.0238. The fourth-order valence-electron chi connectivity index (χ4n) is 1.95. The Morgan fingerprint density at radius 2 is 2.05 bits per heavy atom. The van der Waals surface area contributed by atoms with E-state index in [9.17, 15) is 4.79 Å². The third kappa shape index (κ3) is 3.56. The van der Waals surface area contributed by atoms with Crippen LogP contribution >= 0.6 is 0 Å². The zero-order valence-corrected chi connectivity index (χ0v) is 11.5. The van der Waals surface area contributed by atoms with Gasteiger partial charge in [0.05, 0.1) is 0 Å². The highest BCUT2D eigenvalue weighted by molar-refractivity contribution is 6.33. The van der Waals surface area contributed by atoms with E-state index in [1.165, 1.54) is 0 Å². The molecule has 1 aromatic heterocycles. The Kier molecular flexibility index (Phi) is 3.60. The molecule has 2 aromatic rings. The van der Waals surface area contributed by atoms with Gasteiger partial charge in [0, 0.05) is 18.0 Å². The maximum absolute atomic E-state index is 12.0. The quantitative estimate of drug-likeness (QED) is 0.834. The summed E-state index contributed by atoms with van der Waals surface area (Å²) in [5, 5.41) is 4.75. The molecule has 0 fully saturated rings. The number of amides is 1. The average molecular weight is 252 g/mol. The first-order valence-corrected chi connectivity index (χ1v) is 6.29. The molecule has 1 amide bonds. The van der Waals surface area contributed by atoms with Crippen LogP contribution in [0.1, 0.15) is 27.2 Å². The number of pyridine rings is 1. The van der Waals surface area contributed by atoms with Gasteiger partial charge in [-0.25, -0.2) is 4.98 Å². The minimum Gasteiger partial charge on any atom is -0.310 e. The number of hydrogen-bond donors (Lipinski definition) is 1. The molecule has 0 aliphatic rings. The smallest absolute Gasteiger partial charge is 0.226 e. The van der Waals surface area contributed by atoms with E-state index in [1.807, 2.05) is 45.0 Å². The summed E-state index contributed by atoms with van der Waals surface area (Å²) in [6.45, 7) is 6.09. The van der Waals surface area contributed by atoms with Crippen molar-refractivity contribution in [1.82, 2.24) is 4.98 Å². The number of carbonyl (C=O) groups excluding carboxylic acids is 1. The van der Waals surface area contributed by atoms with Gasteiger partial charge in [0.1, 0.15) is 13.7 Å². The number of hydrogen-bond acceptors (Lipinski definition) is 2. The van der Waals surface area contributed by atoms with Crippen LogP contribution in [0.25, 0.3) is 10.8 Å². The number of nitrogens with one attached hydrogen (secondary N) is 1. The Bertz CT molecular complexity index is 617. The molecule has 0 saturated carbocycles. The van der Waals surface area contributed by atoms with Crippen molar-refractivity contribution in [3.05, 3.63) is 30.5 Å². The van der Waals surface area contributed by atoms with Gasteiger partial charge in [-0.15, -0.1) is 0 Å². The van der Waals surface area contributed by atoms with Crippen LogP contribution in [-0.4, -0.2) is 18.7 Å². The lowest BCUT2D eigenvalue weighted by molar-refractivity contribution is -0.117. The van der Waals surface area contributed by atoms with Gasteiger partial charge in [-0.2, -0.15) is 0 Å². The first-order valence-electron chi connectivity index (χ1n) is 6.29. The maximum atomic E-state index is 12.0. The summed E-state index contributed by atoms with van der Waals surface area (Å²) in [6, 6.07) is 7.44. The molecule has 0 aliphatic carbocycles. The number of carbonyl (C=O) groups is 1. The Labute approximate surface area is 114 Å². The second-order valence-corrected chi connectivity index (χ2v) is 5.93. The molecule has 0 atom stereocenters. The lowest BCUT2D eigenvalue weighted by Crippen LogP contribution is -2.20. The van der Waals surface area contributed by atoms with Crippen molar-refractivity contribution in [1.29, 1.82) is 0 Å². The summed E-state index contributed by atoms with van der Waals surface area (Å²) in [6.07, 6.45) is 2.13. The molecule has 0 aliphatic heterocycles. The highest BCUT2D eigenvalue weighted by Crippen LogP contribution is 2.22. The highest BCUT2D eigenvalue weighted by Gasteiger charge is 2.16. The number of anilines is 1. The molecule has 1 N–H and O–H groups in total. The van der Waals surface area contributed by atoms with Crippen molar-refractivity contribution >= 4 is 35.8 Å². The molecule has 1 heterocycles. The van der Waals surface area contributed by atoms with Crippen LogP contribution in [-0.2, 0) is 4.79 Å².